The number of benzene rings is 1. The summed E-state index contributed by atoms with van der Waals surface area (Å²) in [5, 5.41) is 5.38. The topological polar surface area (TPSA) is 87.3 Å². The van der Waals surface area contributed by atoms with Gasteiger partial charge < -0.3 is 10.6 Å². The highest BCUT2D eigenvalue weighted by atomic mass is 32.2. The first-order valence-corrected chi connectivity index (χ1v) is 7.98. The monoisotopic (exact) mass is 299 g/mol. The summed E-state index contributed by atoms with van der Waals surface area (Å²) in [4.78, 5) is 11.8. The molecule has 6 nitrogen and oxygen atoms in total. The van der Waals surface area contributed by atoms with Gasteiger partial charge in [-0.3, -0.25) is 0 Å². The molecule has 0 spiro atoms. The lowest BCUT2D eigenvalue weighted by Gasteiger charge is -2.13. The third-order valence-electron chi connectivity index (χ3n) is 2.91. The highest BCUT2D eigenvalue weighted by Crippen LogP contribution is 2.22. The molecular weight excluding hydrogens is 278 g/mol. The Labute approximate surface area is 120 Å². The molecule has 0 atom stereocenters. The molecule has 1 aromatic carbocycles. The van der Waals surface area contributed by atoms with Crippen molar-refractivity contribution in [3.05, 3.63) is 23.8 Å². The summed E-state index contributed by atoms with van der Waals surface area (Å²) in [6, 6.07) is 4.43. The maximum absolute atomic E-state index is 11.8. The zero-order chi connectivity index (χ0) is 15.2. The van der Waals surface area contributed by atoms with Crippen LogP contribution in [0.25, 0.3) is 0 Å². The van der Waals surface area contributed by atoms with Gasteiger partial charge in [0.05, 0.1) is 4.90 Å². The van der Waals surface area contributed by atoms with Gasteiger partial charge in [0.25, 0.3) is 0 Å². The molecule has 0 aliphatic carbocycles. The van der Waals surface area contributed by atoms with E-state index in [4.69, 9.17) is 0 Å². The minimum atomic E-state index is -3.53. The molecule has 3 N–H and O–H groups in total. The Morgan fingerprint density at radius 2 is 2.00 bits per heavy atom. The quantitative estimate of drug-likeness (QED) is 0.700. The van der Waals surface area contributed by atoms with Crippen molar-refractivity contribution in [3.8, 4) is 0 Å². The number of urea groups is 1. The van der Waals surface area contributed by atoms with Gasteiger partial charge >= 0.3 is 6.03 Å². The highest BCUT2D eigenvalue weighted by Gasteiger charge is 2.17. The summed E-state index contributed by atoms with van der Waals surface area (Å²) >= 11 is 0. The first kappa shape index (κ1) is 16.5. The van der Waals surface area contributed by atoms with Crippen molar-refractivity contribution < 1.29 is 13.2 Å². The van der Waals surface area contributed by atoms with Crippen molar-refractivity contribution in [2.24, 2.45) is 0 Å². The van der Waals surface area contributed by atoms with Crippen molar-refractivity contribution >= 4 is 21.7 Å². The Bertz CT molecular complexity index is 570. The van der Waals surface area contributed by atoms with Crippen LogP contribution < -0.4 is 15.4 Å². The standard InChI is InChI=1S/C13H21N3O3S/c1-4-5-9-15-13(17)16-11-7-6-8-12(10(11)2)20(18,19)14-3/h6-8,14H,4-5,9H2,1-3H3,(H2,15,16,17). The van der Waals surface area contributed by atoms with Crippen LogP contribution in [-0.2, 0) is 10.0 Å². The zero-order valence-electron chi connectivity index (χ0n) is 12.0. The fourth-order valence-electron chi connectivity index (χ4n) is 1.70. The molecule has 2 amide bonds. The number of amides is 2. The second-order valence-electron chi connectivity index (χ2n) is 4.37. The number of carbonyl (C=O) groups excluding carboxylic acids is 1. The van der Waals surface area contributed by atoms with Crippen molar-refractivity contribution in [2.45, 2.75) is 31.6 Å². The molecule has 112 valence electrons. The summed E-state index contributed by atoms with van der Waals surface area (Å²) in [7, 11) is -2.18. The average Bonchev–Trinajstić information content (AvgIpc) is 2.41. The average molecular weight is 299 g/mol. The van der Waals surface area contributed by atoms with E-state index in [-0.39, 0.29) is 10.9 Å². The number of hydrogen-bond acceptors (Lipinski definition) is 3. The maximum atomic E-state index is 11.8. The molecule has 0 radical (unpaired) electrons. The van der Waals surface area contributed by atoms with Crippen LogP contribution >= 0.6 is 0 Å². The van der Waals surface area contributed by atoms with Crippen LogP contribution in [0.1, 0.15) is 25.3 Å². The van der Waals surface area contributed by atoms with Gasteiger partial charge in [-0.25, -0.2) is 17.9 Å². The van der Waals surface area contributed by atoms with Crippen LogP contribution in [0.3, 0.4) is 0 Å². The van der Waals surface area contributed by atoms with E-state index in [1.54, 1.807) is 19.1 Å². The van der Waals surface area contributed by atoms with E-state index in [1.807, 2.05) is 6.92 Å². The number of carbonyl (C=O) groups is 1. The van der Waals surface area contributed by atoms with E-state index in [0.717, 1.165) is 12.8 Å². The van der Waals surface area contributed by atoms with Gasteiger partial charge in [0.15, 0.2) is 0 Å². The van der Waals surface area contributed by atoms with E-state index in [0.29, 0.717) is 17.8 Å². The Morgan fingerprint density at radius 3 is 2.60 bits per heavy atom. The first-order valence-electron chi connectivity index (χ1n) is 6.50. The van der Waals surface area contributed by atoms with Crippen molar-refractivity contribution in [1.82, 2.24) is 10.0 Å². The van der Waals surface area contributed by atoms with Crippen LogP contribution in [0.15, 0.2) is 23.1 Å². The third kappa shape index (κ3) is 4.21. The van der Waals surface area contributed by atoms with Crippen molar-refractivity contribution in [2.75, 3.05) is 18.9 Å². The smallest absolute Gasteiger partial charge is 0.319 e. The van der Waals surface area contributed by atoms with Crippen LogP contribution in [0.5, 0.6) is 0 Å². The lowest BCUT2D eigenvalue weighted by molar-refractivity contribution is 0.252. The van der Waals surface area contributed by atoms with Crippen molar-refractivity contribution in [1.29, 1.82) is 0 Å². The Morgan fingerprint density at radius 1 is 1.30 bits per heavy atom. The molecule has 0 aliphatic heterocycles. The summed E-state index contributed by atoms with van der Waals surface area (Å²) < 4.78 is 25.9. The van der Waals surface area contributed by atoms with Gasteiger partial charge in [0.1, 0.15) is 0 Å². The van der Waals surface area contributed by atoms with Crippen LogP contribution in [-0.4, -0.2) is 28.0 Å². The van der Waals surface area contributed by atoms with Gasteiger partial charge in [-0.15, -0.1) is 0 Å². The summed E-state index contributed by atoms with van der Waals surface area (Å²) in [5.41, 5.74) is 0.989. The number of unbranched alkanes of at least 4 members (excludes halogenated alkanes) is 1. The highest BCUT2D eigenvalue weighted by molar-refractivity contribution is 7.89. The van der Waals surface area contributed by atoms with Crippen LogP contribution in [0, 0.1) is 6.92 Å². The third-order valence-corrected chi connectivity index (χ3v) is 4.47. The van der Waals surface area contributed by atoms with Gasteiger partial charge in [-0.1, -0.05) is 19.4 Å². The molecule has 0 saturated carbocycles. The first-order chi connectivity index (χ1) is 9.42. The molecule has 0 saturated heterocycles. The molecule has 20 heavy (non-hydrogen) atoms. The largest absolute Gasteiger partial charge is 0.338 e. The predicted octanol–water partition coefficient (Wildman–Crippen LogP) is 1.82. The fraction of sp³-hybridized carbons (Fsp3) is 0.462. The lowest BCUT2D eigenvalue weighted by atomic mass is 10.2. The molecule has 0 aliphatic rings. The van der Waals surface area contributed by atoms with Crippen molar-refractivity contribution in [3.63, 3.8) is 0 Å². The molecule has 0 fully saturated rings. The number of sulfonamides is 1. The molecule has 1 aromatic rings. The van der Waals surface area contributed by atoms with Gasteiger partial charge in [-0.2, -0.15) is 0 Å². The molecular formula is C13H21N3O3S. The van der Waals surface area contributed by atoms with E-state index < -0.39 is 10.0 Å². The van der Waals surface area contributed by atoms with Gasteiger partial charge in [-0.05, 0) is 38.1 Å². The summed E-state index contributed by atoms with van der Waals surface area (Å²) in [6.07, 6.45) is 1.90. The summed E-state index contributed by atoms with van der Waals surface area (Å²) in [6.45, 7) is 4.29. The van der Waals surface area contributed by atoms with E-state index in [1.165, 1.54) is 13.1 Å². The Hall–Kier alpha value is -1.60. The van der Waals surface area contributed by atoms with Gasteiger partial charge in [0.2, 0.25) is 10.0 Å². The predicted molar refractivity (Wildman–Crippen MR) is 79.4 cm³/mol. The molecule has 0 bridgehead atoms. The molecule has 0 unspecified atom stereocenters. The van der Waals surface area contributed by atoms with E-state index in [9.17, 15) is 13.2 Å². The van der Waals surface area contributed by atoms with Crippen LogP contribution in [0.4, 0.5) is 10.5 Å². The fourth-order valence-corrected chi connectivity index (χ4v) is 2.69. The number of rotatable bonds is 6. The van der Waals surface area contributed by atoms with E-state index >= 15 is 0 Å². The molecule has 0 heterocycles. The lowest BCUT2D eigenvalue weighted by Crippen LogP contribution is -2.30. The number of anilines is 1. The molecule has 1 rings (SSSR count). The summed E-state index contributed by atoms with van der Waals surface area (Å²) in [5.74, 6) is 0. The van der Waals surface area contributed by atoms with Crippen LogP contribution in [0.2, 0.25) is 0 Å². The molecule has 0 aromatic heterocycles. The zero-order valence-corrected chi connectivity index (χ0v) is 12.8. The minimum absolute atomic E-state index is 0.159. The SMILES string of the molecule is CCCCNC(=O)Nc1cccc(S(=O)(=O)NC)c1C. The number of nitrogens with one attached hydrogen (secondary N) is 3. The normalized spacial score (nSPS) is 11.2. The maximum Gasteiger partial charge on any atom is 0.319 e. The van der Waals surface area contributed by atoms with E-state index in [2.05, 4.69) is 15.4 Å². The minimum Gasteiger partial charge on any atom is -0.338 e. The molecule has 7 heteroatoms. The second-order valence-corrected chi connectivity index (χ2v) is 6.23. The Balaban J connectivity index is 2.88. The number of hydrogen-bond donors (Lipinski definition) is 3. The Kier molecular flexibility index (Phi) is 5.97. The van der Waals surface area contributed by atoms with Gasteiger partial charge in [0, 0.05) is 12.2 Å². The second kappa shape index (κ2) is 7.25.